The summed E-state index contributed by atoms with van der Waals surface area (Å²) in [5, 5.41) is 0. The van der Waals surface area contributed by atoms with E-state index in [1.807, 2.05) is 6.07 Å². The maximum absolute atomic E-state index is 6.47. The number of nitrogens with two attached hydrogens (primary N) is 1. The van der Waals surface area contributed by atoms with E-state index in [1.165, 1.54) is 30.4 Å². The van der Waals surface area contributed by atoms with Crippen LogP contribution in [0.4, 0.5) is 0 Å². The van der Waals surface area contributed by atoms with E-state index in [4.69, 9.17) is 19.9 Å². The number of benzene rings is 1. The summed E-state index contributed by atoms with van der Waals surface area (Å²) in [5.74, 6) is 1.43. The topological polar surface area (TPSA) is 53.7 Å². The summed E-state index contributed by atoms with van der Waals surface area (Å²) < 4.78 is 19.1. The van der Waals surface area contributed by atoms with Gasteiger partial charge in [-0.3, -0.25) is 0 Å². The molecule has 4 heteroatoms. The lowest BCUT2D eigenvalue weighted by Crippen LogP contribution is -2.41. The SMILES string of the molecule is CC(C)(C)C1Cc2c(ccc3c2OC2(CCCCC2)O3)C(CN)O1. The molecule has 2 aliphatic heterocycles. The zero-order valence-electron chi connectivity index (χ0n) is 15.1. The van der Waals surface area contributed by atoms with Gasteiger partial charge in [-0.05, 0) is 29.9 Å². The molecule has 0 radical (unpaired) electrons. The molecular weight excluding hydrogens is 302 g/mol. The zero-order valence-corrected chi connectivity index (χ0v) is 15.1. The molecule has 2 unspecified atom stereocenters. The Hall–Kier alpha value is -1.26. The smallest absolute Gasteiger partial charge is 0.251 e. The van der Waals surface area contributed by atoms with Gasteiger partial charge in [-0.2, -0.15) is 0 Å². The third-order valence-corrected chi connectivity index (χ3v) is 5.70. The van der Waals surface area contributed by atoms with Crippen LogP contribution in [0.3, 0.4) is 0 Å². The van der Waals surface area contributed by atoms with Gasteiger partial charge in [0.25, 0.3) is 5.79 Å². The maximum Gasteiger partial charge on any atom is 0.251 e. The highest BCUT2D eigenvalue weighted by Gasteiger charge is 2.45. The number of fused-ring (bicyclic) bond motifs is 3. The molecule has 2 atom stereocenters. The minimum Gasteiger partial charge on any atom is -0.448 e. The van der Waals surface area contributed by atoms with Crippen molar-refractivity contribution in [2.45, 2.75) is 77.3 Å². The van der Waals surface area contributed by atoms with E-state index in [9.17, 15) is 0 Å². The summed E-state index contributed by atoms with van der Waals surface area (Å²) in [7, 11) is 0. The number of rotatable bonds is 1. The minimum absolute atomic E-state index is 0.0604. The summed E-state index contributed by atoms with van der Waals surface area (Å²) >= 11 is 0. The quantitative estimate of drug-likeness (QED) is 0.841. The largest absolute Gasteiger partial charge is 0.448 e. The van der Waals surface area contributed by atoms with E-state index in [2.05, 4.69) is 26.8 Å². The Kier molecular flexibility index (Phi) is 3.81. The average Bonchev–Trinajstić information content (AvgIpc) is 2.91. The summed E-state index contributed by atoms with van der Waals surface area (Å²) in [4.78, 5) is 0. The molecule has 4 rings (SSSR count). The van der Waals surface area contributed by atoms with Crippen LogP contribution in [-0.4, -0.2) is 18.4 Å². The van der Waals surface area contributed by atoms with Crippen LogP contribution >= 0.6 is 0 Å². The molecule has 1 saturated carbocycles. The molecule has 1 spiro atoms. The van der Waals surface area contributed by atoms with Gasteiger partial charge in [-0.15, -0.1) is 0 Å². The van der Waals surface area contributed by atoms with Crippen molar-refractivity contribution in [3.63, 3.8) is 0 Å². The van der Waals surface area contributed by atoms with Gasteiger partial charge in [0.2, 0.25) is 0 Å². The van der Waals surface area contributed by atoms with Crippen molar-refractivity contribution in [3.05, 3.63) is 23.3 Å². The summed E-state index contributed by atoms with van der Waals surface area (Å²) in [6.45, 7) is 7.16. The van der Waals surface area contributed by atoms with Crippen molar-refractivity contribution in [2.75, 3.05) is 6.54 Å². The molecule has 0 bridgehead atoms. The first-order valence-corrected chi connectivity index (χ1v) is 9.31. The van der Waals surface area contributed by atoms with Gasteiger partial charge in [-0.25, -0.2) is 0 Å². The van der Waals surface area contributed by atoms with E-state index < -0.39 is 5.79 Å². The number of ether oxygens (including phenoxy) is 3. The molecule has 2 N–H and O–H groups in total. The van der Waals surface area contributed by atoms with Crippen LogP contribution in [0.25, 0.3) is 0 Å². The summed E-state index contributed by atoms with van der Waals surface area (Å²) in [6, 6.07) is 4.16. The Labute approximate surface area is 144 Å². The first-order valence-electron chi connectivity index (χ1n) is 9.31. The average molecular weight is 331 g/mol. The Bertz CT molecular complexity index is 629. The van der Waals surface area contributed by atoms with Crippen molar-refractivity contribution in [3.8, 4) is 11.5 Å². The van der Waals surface area contributed by atoms with E-state index in [-0.39, 0.29) is 17.6 Å². The third kappa shape index (κ3) is 2.60. The van der Waals surface area contributed by atoms with Gasteiger partial charge < -0.3 is 19.9 Å². The highest BCUT2D eigenvalue weighted by atomic mass is 16.7. The fraction of sp³-hybridized carbons (Fsp3) is 0.700. The summed E-state index contributed by atoms with van der Waals surface area (Å²) in [5.41, 5.74) is 8.49. The van der Waals surface area contributed by atoms with Crippen molar-refractivity contribution in [1.29, 1.82) is 0 Å². The number of hydrogen-bond acceptors (Lipinski definition) is 4. The molecule has 1 aromatic rings. The Balaban J connectivity index is 1.72. The second kappa shape index (κ2) is 5.63. The highest BCUT2D eigenvalue weighted by Crippen LogP contribution is 2.51. The van der Waals surface area contributed by atoms with Gasteiger partial charge in [0.15, 0.2) is 11.5 Å². The predicted molar refractivity (Wildman–Crippen MR) is 93.3 cm³/mol. The van der Waals surface area contributed by atoms with Gasteiger partial charge >= 0.3 is 0 Å². The lowest BCUT2D eigenvalue weighted by molar-refractivity contribution is -0.107. The Morgan fingerprint density at radius 3 is 2.54 bits per heavy atom. The molecule has 1 fully saturated rings. The zero-order chi connectivity index (χ0) is 16.9. The normalized spacial score (nSPS) is 28.0. The lowest BCUT2D eigenvalue weighted by Gasteiger charge is -2.39. The van der Waals surface area contributed by atoms with E-state index >= 15 is 0 Å². The van der Waals surface area contributed by atoms with Gasteiger partial charge in [0.1, 0.15) is 0 Å². The second-order valence-corrected chi connectivity index (χ2v) is 8.56. The van der Waals surface area contributed by atoms with E-state index in [0.29, 0.717) is 6.54 Å². The molecule has 1 aliphatic carbocycles. The second-order valence-electron chi connectivity index (χ2n) is 8.56. The Morgan fingerprint density at radius 1 is 1.12 bits per heavy atom. The van der Waals surface area contributed by atoms with Crippen molar-refractivity contribution in [2.24, 2.45) is 11.1 Å². The standard InChI is InChI=1S/C20H29NO3/c1-19(2,3)17-11-14-13(16(12-21)22-17)7-8-15-18(14)24-20(23-15)9-5-4-6-10-20/h7-8,16-17H,4-6,9-12,21H2,1-3H3. The highest BCUT2D eigenvalue weighted by molar-refractivity contribution is 5.55. The molecule has 3 aliphatic rings. The van der Waals surface area contributed by atoms with Crippen molar-refractivity contribution in [1.82, 2.24) is 0 Å². The maximum atomic E-state index is 6.47. The molecule has 24 heavy (non-hydrogen) atoms. The Morgan fingerprint density at radius 2 is 1.88 bits per heavy atom. The molecule has 132 valence electrons. The van der Waals surface area contributed by atoms with Crippen molar-refractivity contribution >= 4 is 0 Å². The van der Waals surface area contributed by atoms with Crippen LogP contribution < -0.4 is 15.2 Å². The van der Waals surface area contributed by atoms with Crippen LogP contribution in [0.1, 0.15) is 70.1 Å². The molecule has 0 aromatic heterocycles. The first-order chi connectivity index (χ1) is 11.4. The van der Waals surface area contributed by atoms with Crippen molar-refractivity contribution < 1.29 is 14.2 Å². The molecule has 1 aromatic carbocycles. The summed E-state index contributed by atoms with van der Waals surface area (Å²) in [6.07, 6.45) is 6.53. The van der Waals surface area contributed by atoms with Crippen LogP contribution in [0, 0.1) is 5.41 Å². The molecule has 2 heterocycles. The van der Waals surface area contributed by atoms with Crippen LogP contribution in [0.15, 0.2) is 12.1 Å². The first kappa shape index (κ1) is 16.2. The fourth-order valence-corrected chi connectivity index (χ4v) is 4.23. The van der Waals surface area contributed by atoms with Gasteiger partial charge in [0, 0.05) is 31.4 Å². The monoisotopic (exact) mass is 331 g/mol. The van der Waals surface area contributed by atoms with Crippen LogP contribution in [0.5, 0.6) is 11.5 Å². The third-order valence-electron chi connectivity index (χ3n) is 5.70. The molecule has 0 amide bonds. The van der Waals surface area contributed by atoms with E-state index in [0.717, 1.165) is 30.8 Å². The molecule has 0 saturated heterocycles. The lowest BCUT2D eigenvalue weighted by atomic mass is 9.81. The molecule has 4 nitrogen and oxygen atoms in total. The van der Waals surface area contributed by atoms with Gasteiger partial charge in [0.05, 0.1) is 12.2 Å². The number of hydrogen-bond donors (Lipinski definition) is 1. The van der Waals surface area contributed by atoms with Gasteiger partial charge in [-0.1, -0.05) is 33.3 Å². The van der Waals surface area contributed by atoms with Crippen LogP contribution in [0.2, 0.25) is 0 Å². The fourth-order valence-electron chi connectivity index (χ4n) is 4.23. The predicted octanol–water partition coefficient (Wildman–Crippen LogP) is 4.11. The van der Waals surface area contributed by atoms with E-state index in [1.54, 1.807) is 0 Å². The minimum atomic E-state index is -0.427. The van der Waals surface area contributed by atoms with Crippen LogP contribution in [-0.2, 0) is 11.2 Å². The molecular formula is C20H29NO3.